The first-order valence-corrected chi connectivity index (χ1v) is 7.53. The Hall–Kier alpha value is -0.100. The van der Waals surface area contributed by atoms with Crippen molar-refractivity contribution in [1.82, 2.24) is 4.90 Å². The van der Waals surface area contributed by atoms with E-state index < -0.39 is 5.97 Å². The fourth-order valence-electron chi connectivity index (χ4n) is 2.07. The topological polar surface area (TPSA) is 89.1 Å². The van der Waals surface area contributed by atoms with Gasteiger partial charge in [0.25, 0.3) is 0 Å². The Morgan fingerprint density at radius 1 is 0.905 bits per heavy atom. The van der Waals surface area contributed by atoms with Gasteiger partial charge in [-0.1, -0.05) is 58.3 Å². The molecule has 0 aromatic heterocycles. The van der Waals surface area contributed by atoms with Crippen molar-refractivity contribution in [3.05, 3.63) is 0 Å². The second-order valence-electron chi connectivity index (χ2n) is 5.22. The van der Waals surface area contributed by atoms with E-state index in [0.29, 0.717) is 6.42 Å². The number of hydrogen-bond acceptors (Lipinski definition) is 2. The third-order valence-corrected chi connectivity index (χ3v) is 3.29. The van der Waals surface area contributed by atoms with Crippen molar-refractivity contribution in [1.29, 1.82) is 0 Å². The summed E-state index contributed by atoms with van der Waals surface area (Å²) in [5, 5.41) is 8.57. The molecule has 0 saturated heterocycles. The third-order valence-electron chi connectivity index (χ3n) is 3.29. The van der Waals surface area contributed by atoms with Crippen LogP contribution in [-0.4, -0.2) is 70.5 Å². The summed E-state index contributed by atoms with van der Waals surface area (Å²) in [6, 6.07) is 0. The number of carbonyl (C=O) groups is 2. The quantitative estimate of drug-likeness (QED) is 0.443. The number of unbranched alkanes of at least 4 members (excludes halogenated alkanes) is 8. The van der Waals surface area contributed by atoms with Crippen LogP contribution < -0.4 is 0 Å². The predicted octanol–water partition coefficient (Wildman–Crippen LogP) is 2.24. The second-order valence-corrected chi connectivity index (χ2v) is 5.22. The molecule has 0 aliphatic carbocycles. The molecule has 0 aliphatic rings. The van der Waals surface area contributed by atoms with Gasteiger partial charge in [-0.2, -0.15) is 0 Å². The van der Waals surface area contributed by atoms with Gasteiger partial charge in [0, 0.05) is 43.0 Å². The maximum Gasteiger partial charge on any atom is 0.323 e. The van der Waals surface area contributed by atoms with E-state index in [1.165, 1.54) is 49.8 Å². The fourth-order valence-corrected chi connectivity index (χ4v) is 2.07. The van der Waals surface area contributed by atoms with Gasteiger partial charge in [0.1, 0.15) is 6.54 Å². The Balaban J connectivity index is -0.00000162. The van der Waals surface area contributed by atoms with Gasteiger partial charge in [0.2, 0.25) is 5.91 Å². The Kier molecular flexibility index (Phi) is 22.1. The molecule has 0 fully saturated rings. The summed E-state index contributed by atoms with van der Waals surface area (Å²) in [6.07, 6.45) is 11.4. The molecular weight excluding hydrogens is 281 g/mol. The van der Waals surface area contributed by atoms with Gasteiger partial charge in [0.15, 0.2) is 0 Å². The monoisotopic (exact) mass is 312 g/mol. The van der Waals surface area contributed by atoms with Gasteiger partial charge in [-0.05, 0) is 6.42 Å². The summed E-state index contributed by atoms with van der Waals surface area (Å²) in [4.78, 5) is 23.3. The molecule has 3 N–H and O–H groups in total. The minimum Gasteiger partial charge on any atom is -0.480 e. The average molecular weight is 312 g/mol. The number of hydrogen-bond donors (Lipinski definition) is 1. The maximum atomic E-state index is 11.5. The van der Waals surface area contributed by atoms with Gasteiger partial charge in [0.05, 0.1) is 0 Å². The fraction of sp³-hybridized carbons (Fsp3) is 0.867. The third kappa shape index (κ3) is 17.8. The van der Waals surface area contributed by atoms with Crippen LogP contribution in [0, 0.1) is 0 Å². The molecule has 0 heterocycles. The van der Waals surface area contributed by atoms with Gasteiger partial charge in [-0.3, -0.25) is 9.59 Å². The number of carboxylic acid groups (broad SMARTS) is 1. The van der Waals surface area contributed by atoms with Crippen molar-refractivity contribution in [2.45, 2.75) is 71.1 Å². The molecule has 0 unspecified atom stereocenters. The van der Waals surface area contributed by atoms with Gasteiger partial charge >= 0.3 is 5.97 Å². The molecule has 21 heavy (non-hydrogen) atoms. The largest absolute Gasteiger partial charge is 0.480 e. The van der Waals surface area contributed by atoms with E-state index in [-0.39, 0.29) is 47.5 Å². The number of nitrogens with zero attached hydrogens (tertiary/aromatic N) is 1. The first-order valence-electron chi connectivity index (χ1n) is 7.53. The van der Waals surface area contributed by atoms with Crippen molar-refractivity contribution in [2.24, 2.45) is 0 Å². The molecule has 1 radical (unpaired) electrons. The van der Waals surface area contributed by atoms with Crippen molar-refractivity contribution in [3.63, 3.8) is 0 Å². The summed E-state index contributed by atoms with van der Waals surface area (Å²) in [5.74, 6) is -1.02. The number of rotatable bonds is 12. The molecule has 5 nitrogen and oxygen atoms in total. The Morgan fingerprint density at radius 2 is 1.33 bits per heavy atom. The van der Waals surface area contributed by atoms with Crippen LogP contribution in [0.15, 0.2) is 0 Å². The van der Waals surface area contributed by atoms with E-state index in [4.69, 9.17) is 5.11 Å². The van der Waals surface area contributed by atoms with E-state index in [1.807, 2.05) is 0 Å². The van der Waals surface area contributed by atoms with Crippen LogP contribution in [0.1, 0.15) is 71.1 Å². The predicted molar refractivity (Wildman–Crippen MR) is 86.5 cm³/mol. The first-order chi connectivity index (χ1) is 9.07. The van der Waals surface area contributed by atoms with Crippen molar-refractivity contribution in [2.75, 3.05) is 13.6 Å². The molecule has 0 spiro atoms. The normalized spacial score (nSPS) is 9.43. The zero-order valence-electron chi connectivity index (χ0n) is 14.0. The van der Waals surface area contributed by atoms with Crippen LogP contribution in [0.2, 0.25) is 0 Å². The van der Waals surface area contributed by atoms with E-state index >= 15 is 0 Å². The van der Waals surface area contributed by atoms with Crippen LogP contribution in [-0.2, 0) is 9.59 Å². The summed E-state index contributed by atoms with van der Waals surface area (Å²) in [7, 11) is 1.55. The van der Waals surface area contributed by atoms with E-state index in [9.17, 15) is 9.59 Å². The number of amides is 1. The smallest absolute Gasteiger partial charge is 0.323 e. The average Bonchev–Trinajstić information content (AvgIpc) is 2.35. The van der Waals surface area contributed by atoms with Crippen LogP contribution >= 0.6 is 0 Å². The second kappa shape index (κ2) is 18.0. The standard InChI is InChI=1S/C15H29NO3.Na.H2O/c1-3-4-5-6-7-8-9-10-11-12-14(17)16(2)13-15(18)19;;/h3-13H2,1-2H3,(H,18,19);;1H2. The van der Waals surface area contributed by atoms with Crippen molar-refractivity contribution in [3.8, 4) is 0 Å². The molecule has 0 aromatic rings. The first kappa shape index (κ1) is 25.8. The Labute approximate surface area is 151 Å². The molecule has 0 atom stereocenters. The van der Waals surface area contributed by atoms with E-state index in [0.717, 1.165) is 12.8 Å². The van der Waals surface area contributed by atoms with Crippen LogP contribution in [0.4, 0.5) is 0 Å². The molecule has 0 rings (SSSR count). The molecule has 6 heteroatoms. The van der Waals surface area contributed by atoms with Crippen LogP contribution in [0.3, 0.4) is 0 Å². The van der Waals surface area contributed by atoms with E-state index in [1.54, 1.807) is 7.05 Å². The minimum absolute atomic E-state index is 0. The molecule has 0 bridgehead atoms. The molecular formula is C15H31NNaO4. The summed E-state index contributed by atoms with van der Waals surface area (Å²) in [6.45, 7) is 2.02. The SMILES string of the molecule is CCCCCCCCCCCC(=O)N(C)CC(=O)O.O.[Na]. The Bertz CT molecular complexity index is 262. The van der Waals surface area contributed by atoms with Crippen molar-refractivity contribution < 1.29 is 20.2 Å². The minimum atomic E-state index is -0.956. The molecule has 0 saturated carbocycles. The summed E-state index contributed by atoms with van der Waals surface area (Å²) in [5.41, 5.74) is 0. The zero-order valence-corrected chi connectivity index (χ0v) is 16.0. The number of carboxylic acids is 1. The number of aliphatic carboxylic acids is 1. The molecule has 121 valence electrons. The van der Waals surface area contributed by atoms with E-state index in [2.05, 4.69) is 6.92 Å². The zero-order chi connectivity index (χ0) is 14.5. The van der Waals surface area contributed by atoms with Crippen LogP contribution in [0.25, 0.3) is 0 Å². The van der Waals surface area contributed by atoms with Crippen LogP contribution in [0.5, 0.6) is 0 Å². The Morgan fingerprint density at radius 3 is 1.76 bits per heavy atom. The van der Waals surface area contributed by atoms with Gasteiger partial charge in [-0.15, -0.1) is 0 Å². The van der Waals surface area contributed by atoms with Crippen molar-refractivity contribution >= 4 is 41.4 Å². The summed E-state index contributed by atoms with van der Waals surface area (Å²) < 4.78 is 0. The maximum absolute atomic E-state index is 11.5. The molecule has 0 aromatic carbocycles. The molecule has 1 amide bonds. The number of likely N-dealkylation sites (N-methyl/N-ethyl adjacent to an activating group) is 1. The van der Waals surface area contributed by atoms with Gasteiger partial charge in [-0.25, -0.2) is 0 Å². The molecule has 0 aliphatic heterocycles. The summed E-state index contributed by atoms with van der Waals surface area (Å²) >= 11 is 0. The number of carbonyl (C=O) groups excluding carboxylic acids is 1. The van der Waals surface area contributed by atoms with Gasteiger partial charge < -0.3 is 15.5 Å².